The number of hydrogen-bond acceptors (Lipinski definition) is 10. The number of rotatable bonds is 2. The van der Waals surface area contributed by atoms with Crippen LogP contribution in [0, 0.1) is 11.3 Å². The number of aliphatic imine (C=N–C) groups is 1. The molecule has 0 saturated heterocycles. The molecule has 12 heteroatoms. The molecule has 5 aromatic heterocycles. The topological polar surface area (TPSA) is 117 Å². The maximum Gasteiger partial charge on any atom is 0.279 e. The minimum Gasteiger partial charge on any atom is -0.342 e. The van der Waals surface area contributed by atoms with Gasteiger partial charge >= 0.3 is 0 Å². The Kier molecular flexibility index (Phi) is 4.87. The van der Waals surface area contributed by atoms with E-state index in [0.29, 0.717) is 11.0 Å². The highest BCUT2D eigenvalue weighted by Crippen LogP contribution is 2.46. The van der Waals surface area contributed by atoms with Gasteiger partial charge in [0.25, 0.3) is 11.8 Å². The summed E-state index contributed by atoms with van der Waals surface area (Å²) in [6.45, 7) is 1.54. The van der Waals surface area contributed by atoms with E-state index in [4.69, 9.17) is 0 Å². The zero-order valence-electron chi connectivity index (χ0n) is 20.1. The summed E-state index contributed by atoms with van der Waals surface area (Å²) in [5.41, 5.74) is 4.41. The smallest absolute Gasteiger partial charge is 0.279 e. The number of fused-ring (bicyclic) bond motifs is 6. The van der Waals surface area contributed by atoms with E-state index in [1.165, 1.54) is 39.0 Å². The lowest BCUT2D eigenvalue weighted by molar-refractivity contribution is -0.136. The zero-order chi connectivity index (χ0) is 26.3. The van der Waals surface area contributed by atoms with Crippen molar-refractivity contribution >= 4 is 99.3 Å². The van der Waals surface area contributed by atoms with Crippen molar-refractivity contribution in [3.63, 3.8) is 0 Å². The Morgan fingerprint density at radius 3 is 2.63 bits per heavy atom. The van der Waals surface area contributed by atoms with Crippen LogP contribution < -0.4 is 0 Å². The molecule has 6 heterocycles. The number of aromatic nitrogens is 4. The zero-order valence-corrected chi connectivity index (χ0v) is 22.6. The second-order valence-electron chi connectivity index (χ2n) is 8.86. The Bertz CT molecular complexity index is 2130. The lowest BCUT2D eigenvalue weighted by Crippen LogP contribution is -2.44. The lowest BCUT2D eigenvalue weighted by Gasteiger charge is -2.22. The number of benzene rings is 1. The molecule has 0 unspecified atom stereocenters. The number of nitriles is 1. The quantitative estimate of drug-likeness (QED) is 0.258. The summed E-state index contributed by atoms with van der Waals surface area (Å²) in [5.74, 6) is -1.02. The maximum absolute atomic E-state index is 12.8. The van der Waals surface area contributed by atoms with Gasteiger partial charge in [-0.05, 0) is 19.1 Å². The Labute approximate surface area is 226 Å². The van der Waals surface area contributed by atoms with Crippen molar-refractivity contribution in [2.24, 2.45) is 12.0 Å². The predicted molar refractivity (Wildman–Crippen MR) is 151 cm³/mol. The van der Waals surface area contributed by atoms with E-state index < -0.39 is 11.8 Å². The molecule has 0 aliphatic carbocycles. The molecule has 0 radical (unpaired) electrons. The fraction of sp³-hybridized carbons (Fsp3) is 0.115. The summed E-state index contributed by atoms with van der Waals surface area (Å²) in [5, 5.41) is 10.7. The monoisotopic (exact) mass is 553 g/mol. The number of amides is 2. The van der Waals surface area contributed by atoms with Crippen LogP contribution in [0.1, 0.15) is 6.92 Å². The van der Waals surface area contributed by atoms with Gasteiger partial charge in [-0.25, -0.2) is 9.98 Å². The maximum atomic E-state index is 12.8. The van der Waals surface area contributed by atoms with Crippen molar-refractivity contribution in [3.05, 3.63) is 47.7 Å². The minimum absolute atomic E-state index is 0.00721. The molecule has 7 rings (SSSR count). The van der Waals surface area contributed by atoms with Crippen LogP contribution in [0.5, 0.6) is 0 Å². The Balaban J connectivity index is 1.39. The molecule has 0 atom stereocenters. The summed E-state index contributed by atoms with van der Waals surface area (Å²) in [6, 6.07) is 12.5. The van der Waals surface area contributed by atoms with Gasteiger partial charge < -0.3 is 4.57 Å². The average Bonchev–Trinajstić information content (AvgIpc) is 3.69. The van der Waals surface area contributed by atoms with Crippen molar-refractivity contribution in [1.29, 1.82) is 5.26 Å². The van der Waals surface area contributed by atoms with Crippen LogP contribution >= 0.6 is 34.4 Å². The second kappa shape index (κ2) is 8.09. The molecule has 6 aromatic rings. The summed E-state index contributed by atoms with van der Waals surface area (Å²) >= 11 is 4.52. The van der Waals surface area contributed by atoms with E-state index >= 15 is 0 Å². The van der Waals surface area contributed by atoms with Crippen LogP contribution in [0.4, 0.5) is 5.82 Å². The molecule has 1 aliphatic rings. The third-order valence-electron chi connectivity index (χ3n) is 6.81. The van der Waals surface area contributed by atoms with Crippen molar-refractivity contribution in [2.45, 2.75) is 6.92 Å². The predicted octanol–water partition coefficient (Wildman–Crippen LogP) is 5.59. The van der Waals surface area contributed by atoms with Gasteiger partial charge in [-0.1, -0.05) is 18.2 Å². The van der Waals surface area contributed by atoms with Gasteiger partial charge in [-0.3, -0.25) is 14.5 Å². The first-order valence-electron chi connectivity index (χ1n) is 11.4. The highest BCUT2D eigenvalue weighted by Gasteiger charge is 2.34. The molecular formula is C26H15N7O2S3. The average molecular weight is 554 g/mol. The molecule has 0 N–H and O–H groups in total. The van der Waals surface area contributed by atoms with E-state index in [9.17, 15) is 14.9 Å². The van der Waals surface area contributed by atoms with Crippen LogP contribution in [-0.2, 0) is 16.6 Å². The third-order valence-corrected chi connectivity index (χ3v) is 9.82. The molecule has 1 aliphatic heterocycles. The number of carbonyl (C=O) groups excluding carboxylic acids is 2. The number of thiophene rings is 2. The van der Waals surface area contributed by atoms with Gasteiger partial charge in [0.05, 0.1) is 32.2 Å². The summed E-state index contributed by atoms with van der Waals surface area (Å²) in [7, 11) is 3.42. The van der Waals surface area contributed by atoms with E-state index in [1.807, 2.05) is 6.07 Å². The van der Waals surface area contributed by atoms with Gasteiger partial charge in [0.15, 0.2) is 5.82 Å². The molecule has 184 valence electrons. The molecule has 9 nitrogen and oxygen atoms in total. The van der Waals surface area contributed by atoms with Gasteiger partial charge in [-0.2, -0.15) is 14.0 Å². The molecule has 0 fully saturated rings. The number of aryl methyl sites for hydroxylation is 1. The van der Waals surface area contributed by atoms with Gasteiger partial charge in [0.1, 0.15) is 28.4 Å². The fourth-order valence-electron chi connectivity index (χ4n) is 4.81. The molecule has 2 amide bonds. The number of carbonyl (C=O) groups is 2. The second-order valence-corrected chi connectivity index (χ2v) is 11.5. The van der Waals surface area contributed by atoms with E-state index in [2.05, 4.69) is 60.7 Å². The first-order chi connectivity index (χ1) is 18.4. The van der Waals surface area contributed by atoms with Crippen molar-refractivity contribution < 1.29 is 9.59 Å². The van der Waals surface area contributed by atoms with Crippen molar-refractivity contribution in [2.75, 3.05) is 7.05 Å². The van der Waals surface area contributed by atoms with E-state index in [1.54, 1.807) is 28.9 Å². The molecular weight excluding hydrogens is 539 g/mol. The third kappa shape index (κ3) is 3.00. The van der Waals surface area contributed by atoms with Crippen LogP contribution in [-0.4, -0.2) is 47.8 Å². The molecule has 0 saturated carbocycles. The number of likely N-dealkylation sites (N-methyl/N-ethyl adjacent to an activating group) is 1. The summed E-state index contributed by atoms with van der Waals surface area (Å²) < 4.78 is 14.9. The normalized spacial score (nSPS) is 15.7. The molecule has 38 heavy (non-hydrogen) atoms. The highest BCUT2D eigenvalue weighted by atomic mass is 32.1. The first kappa shape index (κ1) is 22.9. The van der Waals surface area contributed by atoms with Gasteiger partial charge in [-0.15, -0.1) is 22.7 Å². The molecule has 1 aromatic carbocycles. The van der Waals surface area contributed by atoms with Crippen LogP contribution in [0.15, 0.2) is 52.7 Å². The van der Waals surface area contributed by atoms with Crippen LogP contribution in [0.3, 0.4) is 0 Å². The van der Waals surface area contributed by atoms with Crippen LogP contribution in [0.25, 0.3) is 52.0 Å². The summed E-state index contributed by atoms with van der Waals surface area (Å²) in [4.78, 5) is 36.0. The standard InChI is InChI=1S/C26H15N7O2S3/c1-11-13(9-27)25(34)33(3)26(35)18(11)29-24-20-19(30-38-31-20)14(10-28-24)17-8-15-22(37-17)23-21(32(15)2)12-6-4-5-7-16(12)36-23/h4-8,10H,1-3H3. The Morgan fingerprint density at radius 1 is 1.03 bits per heavy atom. The number of nitrogens with zero attached hydrogens (tertiary/aromatic N) is 7. The number of imide groups is 1. The number of pyridine rings is 1. The SMILES string of the molecule is CC1=C(C#N)C(=O)N(C)C(=O)C1=Nc1ncc(-c2cc3c(s2)c2sc4ccccc4c2n3C)c2nsnc12. The van der Waals surface area contributed by atoms with Crippen molar-refractivity contribution in [1.82, 2.24) is 23.2 Å². The fourth-order valence-corrected chi connectivity index (χ4v) is 7.94. The van der Waals surface area contributed by atoms with Crippen LogP contribution in [0.2, 0.25) is 0 Å². The van der Waals surface area contributed by atoms with E-state index in [0.717, 1.165) is 32.6 Å². The summed E-state index contributed by atoms with van der Waals surface area (Å²) in [6.07, 6.45) is 1.70. The van der Waals surface area contributed by atoms with Gasteiger partial charge in [0, 0.05) is 46.4 Å². The highest BCUT2D eigenvalue weighted by molar-refractivity contribution is 7.32. The minimum atomic E-state index is -0.643. The van der Waals surface area contributed by atoms with Crippen molar-refractivity contribution in [3.8, 4) is 16.5 Å². The molecule has 0 spiro atoms. The first-order valence-corrected chi connectivity index (χ1v) is 13.8. The van der Waals surface area contributed by atoms with Gasteiger partial charge in [0.2, 0.25) is 0 Å². The largest absolute Gasteiger partial charge is 0.342 e. The Morgan fingerprint density at radius 2 is 1.82 bits per heavy atom. The van der Waals surface area contributed by atoms with E-state index in [-0.39, 0.29) is 22.7 Å². The Hall–Kier alpha value is -4.31. The molecule has 0 bridgehead atoms. The number of hydrogen-bond donors (Lipinski definition) is 0. The lowest BCUT2D eigenvalue weighted by atomic mass is 9.99.